The van der Waals surface area contributed by atoms with Crippen LogP contribution in [-0.4, -0.2) is 82.3 Å². The molecule has 0 spiro atoms. The van der Waals surface area contributed by atoms with E-state index < -0.39 is 83.4 Å². The van der Waals surface area contributed by atoms with E-state index in [1.807, 2.05) is 0 Å². The number of carbonyl (C=O) groups excluding carboxylic acids is 5. The van der Waals surface area contributed by atoms with Gasteiger partial charge in [0.05, 0.1) is 5.60 Å². The van der Waals surface area contributed by atoms with E-state index in [0.717, 1.165) is 27.7 Å². The second-order valence-corrected chi connectivity index (χ2v) is 10.9. The molecule has 1 aliphatic heterocycles. The maximum absolute atomic E-state index is 12.8. The fourth-order valence-corrected chi connectivity index (χ4v) is 6.03. The molecule has 12 heteroatoms. The van der Waals surface area contributed by atoms with E-state index in [1.165, 1.54) is 32.1 Å². The van der Waals surface area contributed by atoms with E-state index in [4.69, 9.17) is 23.7 Å². The van der Waals surface area contributed by atoms with E-state index in [1.54, 1.807) is 13.8 Å². The van der Waals surface area contributed by atoms with Crippen molar-refractivity contribution in [1.29, 1.82) is 0 Å². The van der Waals surface area contributed by atoms with Gasteiger partial charge in [0.1, 0.15) is 18.3 Å². The Morgan fingerprint density at radius 3 is 1.93 bits per heavy atom. The number of aliphatic hydroxyl groups is 2. The second-order valence-electron chi connectivity index (χ2n) is 10.9. The summed E-state index contributed by atoms with van der Waals surface area (Å²) in [4.78, 5) is 62.4. The number of hydrogen-bond acceptors (Lipinski definition) is 12. The number of carbonyl (C=O) groups is 5. The Morgan fingerprint density at radius 1 is 0.875 bits per heavy atom. The number of rotatable bonds is 4. The lowest BCUT2D eigenvalue weighted by Crippen LogP contribution is -2.66. The van der Waals surface area contributed by atoms with Crippen molar-refractivity contribution in [3.05, 3.63) is 34.9 Å². The third-order valence-electron chi connectivity index (χ3n) is 7.68. The minimum atomic E-state index is -2.07. The lowest BCUT2D eigenvalue weighted by atomic mass is 9.56. The van der Waals surface area contributed by atoms with Crippen molar-refractivity contribution in [1.82, 2.24) is 0 Å². The van der Waals surface area contributed by atoms with Crippen molar-refractivity contribution in [2.45, 2.75) is 97.6 Å². The van der Waals surface area contributed by atoms with Gasteiger partial charge in [-0.1, -0.05) is 19.1 Å². The van der Waals surface area contributed by atoms with Crippen molar-refractivity contribution in [3.8, 4) is 0 Å². The van der Waals surface area contributed by atoms with Crippen molar-refractivity contribution in [2.24, 2.45) is 11.3 Å². The third-order valence-corrected chi connectivity index (χ3v) is 7.68. The zero-order valence-electron chi connectivity index (χ0n) is 23.8. The Labute approximate surface area is 231 Å². The van der Waals surface area contributed by atoms with Gasteiger partial charge in [0.15, 0.2) is 18.3 Å². The highest BCUT2D eigenvalue weighted by atomic mass is 16.6. The summed E-state index contributed by atoms with van der Waals surface area (Å²) in [6, 6.07) is 0. The molecule has 0 fully saturated rings. The monoisotopic (exact) mass is 564 g/mol. The zero-order valence-corrected chi connectivity index (χ0v) is 23.8. The van der Waals surface area contributed by atoms with Crippen LogP contribution in [0.1, 0.15) is 55.4 Å². The molecule has 2 N–H and O–H groups in total. The molecule has 40 heavy (non-hydrogen) atoms. The molecule has 0 aromatic rings. The van der Waals surface area contributed by atoms with Crippen molar-refractivity contribution in [2.75, 3.05) is 0 Å². The molecule has 0 saturated carbocycles. The normalized spacial score (nSPS) is 38.6. The Bertz CT molecular complexity index is 1190. The Hall–Kier alpha value is -3.51. The molecule has 0 saturated heterocycles. The van der Waals surface area contributed by atoms with E-state index >= 15 is 0 Å². The highest BCUT2D eigenvalue weighted by molar-refractivity contribution is 5.92. The fourth-order valence-electron chi connectivity index (χ4n) is 6.03. The summed E-state index contributed by atoms with van der Waals surface area (Å²) in [7, 11) is 0. The van der Waals surface area contributed by atoms with Crippen LogP contribution in [0.3, 0.4) is 0 Å². The van der Waals surface area contributed by atoms with Gasteiger partial charge in [-0.25, -0.2) is 4.79 Å². The molecule has 0 aromatic heterocycles. The summed E-state index contributed by atoms with van der Waals surface area (Å²) in [5.41, 5.74) is -3.07. The first-order valence-corrected chi connectivity index (χ1v) is 12.8. The SMILES string of the molecule is CC(=O)O[C@@H]1[C@@H](OC(C)=O)/C(C)=C\[C@@H]2OC(=O)C(C)=C2[C@H](OC(C)=O)[C@H]2[C@](C)(O)[C@H](O)C=C[C@]2(C)[C@H]1OC(C)=O. The van der Waals surface area contributed by atoms with Crippen LogP contribution in [-0.2, 0) is 47.7 Å². The average Bonchev–Trinajstić information content (AvgIpc) is 3.08. The van der Waals surface area contributed by atoms with Crippen LogP contribution in [0.2, 0.25) is 0 Å². The zero-order chi connectivity index (χ0) is 30.3. The fraction of sp³-hybridized carbons (Fsp3) is 0.607. The molecule has 2 aliphatic carbocycles. The summed E-state index contributed by atoms with van der Waals surface area (Å²) in [6.45, 7) is 10.4. The van der Waals surface area contributed by atoms with E-state index in [-0.39, 0.29) is 16.7 Å². The standard InChI is InChI=1S/C28H36O12/c1-12-11-18-20(13(2)26(34)40-18)22(37-15(4)30)24-27(7,10-9-19(33)28(24,8)35)25(39-17(6)32)23(38-16(5)31)21(12)36-14(3)29/h9-11,18-19,21-25,33,35H,1-8H3/b12-11-/t18-,19+,21-,22-,23+,24+,25-,27-,28+/m0/s1. The second kappa shape index (κ2) is 11.2. The highest BCUT2D eigenvalue weighted by Crippen LogP contribution is 2.53. The Balaban J connectivity index is 2.51. The van der Waals surface area contributed by atoms with Crippen LogP contribution in [0.5, 0.6) is 0 Å². The van der Waals surface area contributed by atoms with Gasteiger partial charge in [0.25, 0.3) is 0 Å². The van der Waals surface area contributed by atoms with Gasteiger partial charge in [-0.15, -0.1) is 0 Å². The van der Waals surface area contributed by atoms with Gasteiger partial charge >= 0.3 is 29.8 Å². The molecule has 3 rings (SSSR count). The summed E-state index contributed by atoms with van der Waals surface area (Å²) in [6.07, 6.45) is -4.10. The first-order chi connectivity index (χ1) is 18.4. The van der Waals surface area contributed by atoms with Gasteiger partial charge in [0.2, 0.25) is 0 Å². The average molecular weight is 565 g/mol. The van der Waals surface area contributed by atoms with Crippen LogP contribution < -0.4 is 0 Å². The molecule has 0 unspecified atom stereocenters. The van der Waals surface area contributed by atoms with Gasteiger partial charge in [-0.3, -0.25) is 19.2 Å². The van der Waals surface area contributed by atoms with Crippen LogP contribution in [0.15, 0.2) is 34.9 Å². The number of aliphatic hydroxyl groups excluding tert-OH is 1. The van der Waals surface area contributed by atoms with E-state index in [0.29, 0.717) is 0 Å². The smallest absolute Gasteiger partial charge is 0.334 e. The maximum atomic E-state index is 12.8. The Morgan fingerprint density at radius 2 is 1.40 bits per heavy atom. The van der Waals surface area contributed by atoms with Crippen molar-refractivity contribution < 1.29 is 57.9 Å². The predicted octanol–water partition coefficient (Wildman–Crippen LogP) is 1.22. The molecular formula is C28H36O12. The maximum Gasteiger partial charge on any atom is 0.334 e. The van der Waals surface area contributed by atoms with Gasteiger partial charge in [-0.2, -0.15) is 0 Å². The van der Waals surface area contributed by atoms with Crippen LogP contribution in [0.25, 0.3) is 0 Å². The topological polar surface area (TPSA) is 172 Å². The molecule has 0 aromatic carbocycles. The number of esters is 5. The number of hydrogen-bond donors (Lipinski definition) is 2. The molecule has 0 radical (unpaired) electrons. The largest absolute Gasteiger partial charge is 0.457 e. The molecule has 12 nitrogen and oxygen atoms in total. The minimum absolute atomic E-state index is 0.104. The molecular weight excluding hydrogens is 528 g/mol. The summed E-state index contributed by atoms with van der Waals surface area (Å²) >= 11 is 0. The minimum Gasteiger partial charge on any atom is -0.457 e. The number of fused-ring (bicyclic) bond motifs is 2. The molecule has 3 aliphatic rings. The molecule has 9 atom stereocenters. The van der Waals surface area contributed by atoms with Crippen LogP contribution in [0, 0.1) is 11.3 Å². The van der Waals surface area contributed by atoms with Gasteiger partial charge in [0, 0.05) is 50.2 Å². The summed E-state index contributed by atoms with van der Waals surface area (Å²) < 4.78 is 28.4. The third kappa shape index (κ3) is 5.68. The van der Waals surface area contributed by atoms with E-state index in [2.05, 4.69) is 0 Å². The van der Waals surface area contributed by atoms with Crippen LogP contribution in [0.4, 0.5) is 0 Å². The molecule has 0 bridgehead atoms. The van der Waals surface area contributed by atoms with Gasteiger partial charge in [-0.05, 0) is 32.4 Å². The number of ether oxygens (including phenoxy) is 5. The molecule has 220 valence electrons. The van der Waals surface area contributed by atoms with Crippen molar-refractivity contribution >= 4 is 29.8 Å². The lowest BCUT2D eigenvalue weighted by molar-refractivity contribution is -0.218. The first kappa shape index (κ1) is 31.0. The lowest BCUT2D eigenvalue weighted by Gasteiger charge is -2.55. The Kier molecular flexibility index (Phi) is 8.66. The van der Waals surface area contributed by atoms with Crippen molar-refractivity contribution in [3.63, 3.8) is 0 Å². The first-order valence-electron chi connectivity index (χ1n) is 12.8. The van der Waals surface area contributed by atoms with Crippen LogP contribution >= 0.6 is 0 Å². The van der Waals surface area contributed by atoms with Gasteiger partial charge < -0.3 is 33.9 Å². The van der Waals surface area contributed by atoms with E-state index in [9.17, 15) is 34.2 Å². The quantitative estimate of drug-likeness (QED) is 0.284. The highest BCUT2D eigenvalue weighted by Gasteiger charge is 2.63. The summed E-state index contributed by atoms with van der Waals surface area (Å²) in [5.74, 6) is -5.13. The molecule has 0 amide bonds. The predicted molar refractivity (Wildman–Crippen MR) is 136 cm³/mol. The summed E-state index contributed by atoms with van der Waals surface area (Å²) in [5, 5.41) is 22.7. The molecule has 1 heterocycles.